The number of ether oxygens (including phenoxy) is 7. The number of benzene rings is 2. The third-order valence-electron chi connectivity index (χ3n) is 14.8. The van der Waals surface area contributed by atoms with E-state index in [0.717, 1.165) is 0 Å². The number of rotatable bonds is 11. The van der Waals surface area contributed by atoms with Crippen molar-refractivity contribution in [1.82, 2.24) is 10.2 Å². The molecule has 0 unspecified atom stereocenters. The SMILES string of the molecule is CC[C@H]1OC(=O)[C@H](C)[C@@H](O[C@H]2C[C@@](C)(OC)[C@](O)(CCl)[C@H](C)O2)[C@H](C)[C@@H](O[C@@H]2O[C@H](C)C[C@H](N(C)C(=O)Nc3ccccc3)[C@H]2OC(=O)Nc2ccccc2)[C@](C)(O)C[C@@H](C)CN[C@H](C)[C@@H](O)[C@]1(C)O. The van der Waals surface area contributed by atoms with Gasteiger partial charge in [-0.1, -0.05) is 57.2 Å². The average Bonchev–Trinajstić information content (AvgIpc) is 3.32. The summed E-state index contributed by atoms with van der Waals surface area (Å²) >= 11 is 6.35. The number of cyclic esters (lactones) is 1. The Morgan fingerprint density at radius 3 is 2.06 bits per heavy atom. The first-order valence-electron chi connectivity index (χ1n) is 24.5. The van der Waals surface area contributed by atoms with E-state index in [0.29, 0.717) is 11.4 Å². The Hall–Kier alpha value is -3.66. The molecule has 394 valence electrons. The van der Waals surface area contributed by atoms with Crippen LogP contribution in [0.25, 0.3) is 0 Å². The Bertz CT molecular complexity index is 2010. The standard InChI is InChI=1S/C51H79ClN4O14/c1-13-38-50(10,62)42(57)33(6)53-27-29(2)25-48(8,61)43(31(4)40(32(5)44(58)67-38)68-39-26-49(9,64-12)51(63,28-52)34(7)66-39)70-45-41(69-47(60)55-36-22-18-15-19-23-36)37(24-30(3)65-45)56(11)46(59)54-35-20-16-14-17-21-35/h14-23,29-34,37-43,45,53,57,61-63H,13,24-28H2,1-12H3,(H,54,59)(H,55,60)/t29-,30-,31+,32-,33-,34+,37+,38-,39+,40+,41-,42-,43-,45+,48-,49-,50-,51+/m1/s1. The van der Waals surface area contributed by atoms with Crippen molar-refractivity contribution in [2.75, 3.05) is 37.2 Å². The highest BCUT2D eigenvalue weighted by atomic mass is 35.5. The number of nitrogens with zero attached hydrogens (tertiary/aromatic N) is 1. The van der Waals surface area contributed by atoms with Crippen LogP contribution in [0.4, 0.5) is 21.0 Å². The summed E-state index contributed by atoms with van der Waals surface area (Å²) in [6.07, 6.45) is -10.9. The van der Waals surface area contributed by atoms with E-state index in [1.807, 2.05) is 13.0 Å². The van der Waals surface area contributed by atoms with Crippen LogP contribution in [0.2, 0.25) is 0 Å². The van der Waals surface area contributed by atoms with Gasteiger partial charge in [-0.25, -0.2) is 9.59 Å². The zero-order chi connectivity index (χ0) is 51.9. The quantitative estimate of drug-likeness (QED) is 0.101. The Labute approximate surface area is 418 Å². The molecular formula is C51H79ClN4O14. The molecular weight excluding hydrogens is 928 g/mol. The maximum atomic E-state index is 14.6. The number of urea groups is 1. The molecule has 70 heavy (non-hydrogen) atoms. The highest BCUT2D eigenvalue weighted by Gasteiger charge is 2.58. The molecule has 7 N–H and O–H groups in total. The molecule has 18 atom stereocenters. The molecule has 19 heteroatoms. The van der Waals surface area contributed by atoms with Gasteiger partial charge in [-0.3, -0.25) is 10.1 Å². The van der Waals surface area contributed by atoms with Gasteiger partial charge in [-0.05, 0) is 104 Å². The maximum Gasteiger partial charge on any atom is 0.412 e. The minimum atomic E-state index is -1.90. The van der Waals surface area contributed by atoms with Gasteiger partial charge >= 0.3 is 18.1 Å². The number of esters is 1. The largest absolute Gasteiger partial charge is 0.459 e. The zero-order valence-electron chi connectivity index (χ0n) is 42.8. The number of carbonyl (C=O) groups is 3. The number of likely N-dealkylation sites (N-methyl/N-ethyl adjacent to an activating group) is 1. The molecule has 0 bridgehead atoms. The fourth-order valence-corrected chi connectivity index (χ4v) is 10.8. The van der Waals surface area contributed by atoms with Gasteiger partial charge in [0.1, 0.15) is 29.0 Å². The molecule has 3 aliphatic heterocycles. The predicted octanol–water partition coefficient (Wildman–Crippen LogP) is 6.03. The molecule has 0 spiro atoms. The Kier molecular flexibility index (Phi) is 19.6. The Morgan fingerprint density at radius 1 is 0.886 bits per heavy atom. The number of carbonyl (C=O) groups excluding carboxylic acids is 3. The van der Waals surface area contributed by atoms with Crippen LogP contribution < -0.4 is 16.0 Å². The van der Waals surface area contributed by atoms with Gasteiger partial charge in [0.25, 0.3) is 0 Å². The summed E-state index contributed by atoms with van der Waals surface area (Å²) in [4.78, 5) is 43.9. The number of methoxy groups -OCH3 is 1. The molecule has 3 saturated heterocycles. The number of hydrogen-bond acceptors (Lipinski definition) is 15. The Balaban J connectivity index is 1.63. The lowest BCUT2D eigenvalue weighted by Crippen LogP contribution is -2.67. The molecule has 3 aliphatic rings. The van der Waals surface area contributed by atoms with Gasteiger partial charge in [-0.2, -0.15) is 0 Å². The number of aliphatic hydroxyl groups is 4. The molecule has 18 nitrogen and oxygen atoms in total. The monoisotopic (exact) mass is 1010 g/mol. The molecule has 3 heterocycles. The third-order valence-corrected chi connectivity index (χ3v) is 15.2. The van der Waals surface area contributed by atoms with Gasteiger partial charge in [-0.15, -0.1) is 11.6 Å². The zero-order valence-corrected chi connectivity index (χ0v) is 43.6. The molecule has 3 fully saturated rings. The smallest absolute Gasteiger partial charge is 0.412 e. The van der Waals surface area contributed by atoms with Crippen molar-refractivity contribution in [3.63, 3.8) is 0 Å². The van der Waals surface area contributed by atoms with Crippen LogP contribution in [0.15, 0.2) is 60.7 Å². The van der Waals surface area contributed by atoms with Crippen LogP contribution >= 0.6 is 11.6 Å². The second-order valence-corrected chi connectivity index (χ2v) is 20.7. The van der Waals surface area contributed by atoms with Crippen molar-refractivity contribution >= 4 is 41.1 Å². The summed E-state index contributed by atoms with van der Waals surface area (Å²) in [5.74, 6) is -3.45. The number of hydrogen-bond donors (Lipinski definition) is 7. The van der Waals surface area contributed by atoms with Crippen LogP contribution in [-0.2, 0) is 38.0 Å². The minimum Gasteiger partial charge on any atom is -0.459 e. The van der Waals surface area contributed by atoms with Crippen molar-refractivity contribution in [2.24, 2.45) is 17.8 Å². The molecule has 5 rings (SSSR count). The van der Waals surface area contributed by atoms with E-state index in [1.54, 1.807) is 117 Å². The van der Waals surface area contributed by atoms with E-state index in [-0.39, 0.29) is 44.0 Å². The van der Waals surface area contributed by atoms with Crippen molar-refractivity contribution in [3.05, 3.63) is 60.7 Å². The summed E-state index contributed by atoms with van der Waals surface area (Å²) < 4.78 is 45.0. The minimum absolute atomic E-state index is 0.0439. The van der Waals surface area contributed by atoms with Gasteiger partial charge in [0.15, 0.2) is 18.7 Å². The highest BCUT2D eigenvalue weighted by molar-refractivity contribution is 6.18. The molecule has 0 aromatic heterocycles. The van der Waals surface area contributed by atoms with Gasteiger partial charge in [0, 0.05) is 43.9 Å². The van der Waals surface area contributed by atoms with Crippen molar-refractivity contribution in [2.45, 2.75) is 185 Å². The third kappa shape index (κ3) is 13.1. The highest BCUT2D eigenvalue weighted by Crippen LogP contribution is 2.44. The van der Waals surface area contributed by atoms with Crippen LogP contribution in [-0.4, -0.2) is 160 Å². The molecule has 0 saturated carbocycles. The van der Waals surface area contributed by atoms with E-state index in [2.05, 4.69) is 16.0 Å². The Morgan fingerprint density at radius 2 is 1.49 bits per heavy atom. The number of nitrogens with one attached hydrogen (secondary N) is 3. The van der Waals surface area contributed by atoms with E-state index in [1.165, 1.54) is 18.9 Å². The van der Waals surface area contributed by atoms with Crippen molar-refractivity contribution < 1.29 is 68.0 Å². The normalized spacial score (nSPS) is 40.2. The molecule has 3 amide bonds. The second-order valence-electron chi connectivity index (χ2n) is 20.5. The number of alkyl halides is 1. The summed E-state index contributed by atoms with van der Waals surface area (Å²) in [5.41, 5.74) is -5.62. The number of halogens is 1. The van der Waals surface area contributed by atoms with Crippen LogP contribution in [0, 0.1) is 17.8 Å². The summed E-state index contributed by atoms with van der Waals surface area (Å²) in [5, 5.41) is 57.0. The lowest BCUT2D eigenvalue weighted by atomic mass is 9.76. The summed E-state index contributed by atoms with van der Waals surface area (Å²) in [6.45, 7) is 17.1. The van der Waals surface area contributed by atoms with E-state index >= 15 is 0 Å². The van der Waals surface area contributed by atoms with E-state index in [4.69, 9.17) is 44.8 Å². The maximum absolute atomic E-state index is 14.6. The number of aliphatic hydroxyl groups excluding tert-OH is 1. The van der Waals surface area contributed by atoms with Crippen molar-refractivity contribution in [1.29, 1.82) is 0 Å². The van der Waals surface area contributed by atoms with Crippen LogP contribution in [0.3, 0.4) is 0 Å². The van der Waals surface area contributed by atoms with Gasteiger partial charge < -0.3 is 69.1 Å². The van der Waals surface area contributed by atoms with Gasteiger partial charge in [0.2, 0.25) is 0 Å². The fraction of sp³-hybridized carbons (Fsp3) is 0.706. The van der Waals surface area contributed by atoms with E-state index < -0.39 is 120 Å². The average molecular weight is 1010 g/mol. The number of amides is 3. The molecule has 2 aromatic rings. The first-order chi connectivity index (χ1) is 32.8. The molecule has 0 aliphatic carbocycles. The van der Waals surface area contributed by atoms with E-state index in [9.17, 15) is 34.8 Å². The van der Waals surface area contributed by atoms with Crippen molar-refractivity contribution in [3.8, 4) is 0 Å². The number of anilines is 2. The van der Waals surface area contributed by atoms with Gasteiger partial charge in [0.05, 0.1) is 47.9 Å². The predicted molar refractivity (Wildman–Crippen MR) is 263 cm³/mol. The lowest BCUT2D eigenvalue weighted by molar-refractivity contribution is -0.333. The first kappa shape index (κ1) is 57.2. The first-order valence-corrected chi connectivity index (χ1v) is 25.0. The fourth-order valence-electron chi connectivity index (χ4n) is 10.3. The van der Waals surface area contributed by atoms with Crippen LogP contribution in [0.1, 0.15) is 94.9 Å². The second kappa shape index (κ2) is 23.9. The lowest BCUT2D eigenvalue weighted by Gasteiger charge is -2.53. The molecule has 2 aromatic carbocycles. The summed E-state index contributed by atoms with van der Waals surface area (Å²) in [7, 11) is 3.03. The molecule has 0 radical (unpaired) electrons. The van der Waals surface area contributed by atoms with Crippen LogP contribution in [0.5, 0.6) is 0 Å². The topological polar surface area (TPSA) is 236 Å². The number of para-hydroxylation sites is 2. The summed E-state index contributed by atoms with van der Waals surface area (Å²) in [6, 6.07) is 15.6.